The lowest BCUT2D eigenvalue weighted by atomic mass is 9.97. The van der Waals surface area contributed by atoms with E-state index in [0.29, 0.717) is 6.61 Å². The average molecular weight is 209 g/mol. The summed E-state index contributed by atoms with van der Waals surface area (Å²) in [5, 5.41) is 0. The highest BCUT2D eigenvalue weighted by molar-refractivity contribution is 5.19. The van der Waals surface area contributed by atoms with E-state index < -0.39 is 0 Å². The molecule has 1 atom stereocenters. The van der Waals surface area contributed by atoms with E-state index in [1.807, 2.05) is 13.8 Å². The van der Waals surface area contributed by atoms with Crippen molar-refractivity contribution in [2.24, 2.45) is 5.73 Å². The molecular formula is C11H19N3O. The summed E-state index contributed by atoms with van der Waals surface area (Å²) >= 11 is 0. The maximum atomic E-state index is 5.90. The van der Waals surface area contributed by atoms with Gasteiger partial charge < -0.3 is 15.5 Å². The Morgan fingerprint density at radius 3 is 3.13 bits per heavy atom. The Bertz CT molecular complexity index is 333. The lowest BCUT2D eigenvalue weighted by molar-refractivity contribution is 0.0616. The third-order valence-electron chi connectivity index (χ3n) is 2.69. The molecule has 0 saturated heterocycles. The largest absolute Gasteiger partial charge is 0.371 e. The van der Waals surface area contributed by atoms with Gasteiger partial charge in [-0.2, -0.15) is 0 Å². The van der Waals surface area contributed by atoms with Crippen LogP contribution in [0, 0.1) is 0 Å². The number of aromatic amines is 1. The molecule has 1 aliphatic carbocycles. The topological polar surface area (TPSA) is 63.9 Å². The molecule has 84 valence electrons. The molecule has 1 aliphatic rings. The molecule has 2 rings (SSSR count). The Labute approximate surface area is 90.2 Å². The second kappa shape index (κ2) is 4.33. The average Bonchev–Trinajstić information content (AvgIpc) is 2.56. The molecule has 1 unspecified atom stereocenters. The van der Waals surface area contributed by atoms with E-state index in [-0.39, 0.29) is 12.1 Å². The first-order chi connectivity index (χ1) is 7.15. The summed E-state index contributed by atoms with van der Waals surface area (Å²) in [6, 6.07) is 0.289. The predicted octanol–water partition coefficient (Wildman–Crippen LogP) is 1.15. The van der Waals surface area contributed by atoms with Crippen molar-refractivity contribution >= 4 is 0 Å². The lowest BCUT2D eigenvalue weighted by Gasteiger charge is -2.15. The number of hydrogen-bond donors (Lipinski definition) is 2. The smallest absolute Gasteiger partial charge is 0.132 e. The van der Waals surface area contributed by atoms with Crippen LogP contribution in [-0.2, 0) is 24.2 Å². The van der Waals surface area contributed by atoms with Crippen molar-refractivity contribution in [3.05, 3.63) is 17.2 Å². The third kappa shape index (κ3) is 2.58. The number of nitrogens with zero attached hydrogens (tertiary/aromatic N) is 1. The van der Waals surface area contributed by atoms with Gasteiger partial charge in [-0.15, -0.1) is 0 Å². The molecular weight excluding hydrogens is 190 g/mol. The quantitative estimate of drug-likeness (QED) is 0.785. The molecule has 0 saturated carbocycles. The van der Waals surface area contributed by atoms with Crippen molar-refractivity contribution in [2.45, 2.75) is 51.9 Å². The number of nitrogens with two attached hydrogens (primary N) is 1. The molecule has 3 N–H and O–H groups in total. The molecule has 0 amide bonds. The molecule has 1 heterocycles. The Kier molecular flexibility index (Phi) is 3.07. The number of aryl methyl sites for hydroxylation is 1. The van der Waals surface area contributed by atoms with Gasteiger partial charge in [0.15, 0.2) is 0 Å². The number of H-pyrrole nitrogens is 1. The summed E-state index contributed by atoms with van der Waals surface area (Å²) in [6.07, 6.45) is 3.20. The van der Waals surface area contributed by atoms with Crippen molar-refractivity contribution in [1.82, 2.24) is 9.97 Å². The second-order valence-corrected chi connectivity index (χ2v) is 4.47. The number of fused-ring (bicyclic) bond motifs is 1. The normalized spacial score (nSPS) is 20.7. The molecule has 1 aromatic rings. The zero-order valence-corrected chi connectivity index (χ0v) is 9.42. The van der Waals surface area contributed by atoms with Gasteiger partial charge in [0.2, 0.25) is 0 Å². The van der Waals surface area contributed by atoms with Crippen molar-refractivity contribution in [1.29, 1.82) is 0 Å². The second-order valence-electron chi connectivity index (χ2n) is 4.47. The Balaban J connectivity index is 2.03. The van der Waals surface area contributed by atoms with Crippen LogP contribution in [0.3, 0.4) is 0 Å². The highest BCUT2D eigenvalue weighted by Gasteiger charge is 2.19. The van der Waals surface area contributed by atoms with E-state index in [1.54, 1.807) is 0 Å². The highest BCUT2D eigenvalue weighted by Crippen LogP contribution is 2.18. The fourth-order valence-electron chi connectivity index (χ4n) is 1.88. The van der Waals surface area contributed by atoms with Crippen LogP contribution in [0.25, 0.3) is 0 Å². The van der Waals surface area contributed by atoms with Gasteiger partial charge in [0.1, 0.15) is 12.4 Å². The minimum atomic E-state index is 0.245. The molecule has 0 radical (unpaired) electrons. The first-order valence-corrected chi connectivity index (χ1v) is 5.59. The van der Waals surface area contributed by atoms with E-state index in [0.717, 1.165) is 25.1 Å². The molecule has 15 heavy (non-hydrogen) atoms. The lowest BCUT2D eigenvalue weighted by Crippen LogP contribution is -2.27. The van der Waals surface area contributed by atoms with Gasteiger partial charge in [-0.05, 0) is 26.7 Å². The van der Waals surface area contributed by atoms with E-state index in [9.17, 15) is 0 Å². The van der Waals surface area contributed by atoms with Crippen LogP contribution in [0.15, 0.2) is 0 Å². The van der Waals surface area contributed by atoms with Gasteiger partial charge in [0.05, 0.1) is 11.8 Å². The van der Waals surface area contributed by atoms with Crippen LogP contribution in [0.5, 0.6) is 0 Å². The zero-order chi connectivity index (χ0) is 10.8. The highest BCUT2D eigenvalue weighted by atomic mass is 16.5. The summed E-state index contributed by atoms with van der Waals surface area (Å²) in [6.45, 7) is 4.62. The summed E-state index contributed by atoms with van der Waals surface area (Å²) in [5.74, 6) is 0.933. The molecule has 1 aromatic heterocycles. The SMILES string of the molecule is CC(C)OCc1nc2c([nH]1)CC(N)CC2. The van der Waals surface area contributed by atoms with Gasteiger partial charge in [-0.3, -0.25) is 0 Å². The number of nitrogens with one attached hydrogen (secondary N) is 1. The molecule has 4 heteroatoms. The molecule has 4 nitrogen and oxygen atoms in total. The van der Waals surface area contributed by atoms with E-state index in [4.69, 9.17) is 10.5 Å². The summed E-state index contributed by atoms with van der Waals surface area (Å²) in [4.78, 5) is 7.82. The number of aromatic nitrogens is 2. The van der Waals surface area contributed by atoms with E-state index in [1.165, 1.54) is 11.4 Å². The Morgan fingerprint density at radius 2 is 2.40 bits per heavy atom. The number of ether oxygens (including phenoxy) is 1. The first kappa shape index (κ1) is 10.6. The van der Waals surface area contributed by atoms with E-state index in [2.05, 4.69) is 9.97 Å². The van der Waals surface area contributed by atoms with Crippen molar-refractivity contribution in [2.75, 3.05) is 0 Å². The molecule has 0 aromatic carbocycles. The van der Waals surface area contributed by atoms with Crippen LogP contribution < -0.4 is 5.73 Å². The number of hydrogen-bond acceptors (Lipinski definition) is 3. The van der Waals surface area contributed by atoms with Crippen molar-refractivity contribution < 1.29 is 4.74 Å². The van der Waals surface area contributed by atoms with Crippen molar-refractivity contribution in [3.63, 3.8) is 0 Å². The van der Waals surface area contributed by atoms with Crippen LogP contribution in [-0.4, -0.2) is 22.1 Å². The summed E-state index contributed by atoms with van der Waals surface area (Å²) < 4.78 is 5.51. The minimum absolute atomic E-state index is 0.245. The Morgan fingerprint density at radius 1 is 1.60 bits per heavy atom. The summed E-state index contributed by atoms with van der Waals surface area (Å²) in [5.41, 5.74) is 8.29. The molecule has 0 bridgehead atoms. The standard InChI is InChI=1S/C11H19N3O/c1-7(2)15-6-11-13-9-4-3-8(12)5-10(9)14-11/h7-8H,3-6,12H2,1-2H3,(H,13,14). The van der Waals surface area contributed by atoms with Gasteiger partial charge in [-0.25, -0.2) is 4.98 Å². The Hall–Kier alpha value is -0.870. The van der Waals surface area contributed by atoms with Crippen LogP contribution in [0.2, 0.25) is 0 Å². The van der Waals surface area contributed by atoms with Gasteiger partial charge >= 0.3 is 0 Å². The van der Waals surface area contributed by atoms with Crippen LogP contribution in [0.1, 0.15) is 37.5 Å². The zero-order valence-electron chi connectivity index (χ0n) is 9.42. The fourth-order valence-corrected chi connectivity index (χ4v) is 1.88. The van der Waals surface area contributed by atoms with Gasteiger partial charge in [0, 0.05) is 18.2 Å². The molecule has 0 aliphatic heterocycles. The maximum absolute atomic E-state index is 5.90. The molecule has 0 spiro atoms. The summed E-state index contributed by atoms with van der Waals surface area (Å²) in [7, 11) is 0. The minimum Gasteiger partial charge on any atom is -0.371 e. The van der Waals surface area contributed by atoms with Gasteiger partial charge in [-0.1, -0.05) is 0 Å². The van der Waals surface area contributed by atoms with Gasteiger partial charge in [0.25, 0.3) is 0 Å². The first-order valence-electron chi connectivity index (χ1n) is 5.59. The maximum Gasteiger partial charge on any atom is 0.132 e. The van der Waals surface area contributed by atoms with Crippen LogP contribution in [0.4, 0.5) is 0 Å². The monoisotopic (exact) mass is 209 g/mol. The predicted molar refractivity (Wildman–Crippen MR) is 58.5 cm³/mol. The van der Waals surface area contributed by atoms with Crippen molar-refractivity contribution in [3.8, 4) is 0 Å². The molecule has 0 fully saturated rings. The number of rotatable bonds is 3. The number of imidazole rings is 1. The van der Waals surface area contributed by atoms with E-state index >= 15 is 0 Å². The fraction of sp³-hybridized carbons (Fsp3) is 0.727. The van der Waals surface area contributed by atoms with Crippen LogP contribution >= 0.6 is 0 Å². The third-order valence-corrected chi connectivity index (χ3v) is 2.69.